The third kappa shape index (κ3) is 7.80. The van der Waals surface area contributed by atoms with Crippen LogP contribution in [0, 0.1) is 5.92 Å². The van der Waals surface area contributed by atoms with Gasteiger partial charge in [0.2, 0.25) is 0 Å². The van der Waals surface area contributed by atoms with Crippen LogP contribution in [0.4, 0.5) is 0 Å². The summed E-state index contributed by atoms with van der Waals surface area (Å²) in [6.07, 6.45) is 3.50. The number of methoxy groups -OCH3 is 1. The van der Waals surface area contributed by atoms with Gasteiger partial charge < -0.3 is 9.47 Å². The lowest BCUT2D eigenvalue weighted by Gasteiger charge is -2.40. The molecule has 0 radical (unpaired) electrons. The Kier molecular flexibility index (Phi) is 10.4. The number of benzene rings is 3. The molecule has 5 nitrogen and oxygen atoms in total. The summed E-state index contributed by atoms with van der Waals surface area (Å²) in [6.45, 7) is 0.217. The molecule has 2 unspecified atom stereocenters. The number of carbonyl (C=O) groups is 2. The second kappa shape index (κ2) is 13.9. The Balaban J connectivity index is 1.44. The summed E-state index contributed by atoms with van der Waals surface area (Å²) in [5.41, 5.74) is 4.27. The number of rotatable bonds is 11. The summed E-state index contributed by atoms with van der Waals surface area (Å²) in [5.74, 6) is -1.07. The van der Waals surface area contributed by atoms with Gasteiger partial charge in [0, 0.05) is 22.5 Å². The van der Waals surface area contributed by atoms with Gasteiger partial charge >= 0.3 is 5.97 Å². The lowest BCUT2D eigenvalue weighted by atomic mass is 9.88. The van der Waals surface area contributed by atoms with Crippen molar-refractivity contribution in [1.82, 2.24) is 4.90 Å². The summed E-state index contributed by atoms with van der Waals surface area (Å²) in [5, 5.41) is 1.37. The lowest BCUT2D eigenvalue weighted by molar-refractivity contribution is -0.147. The van der Waals surface area contributed by atoms with Gasteiger partial charge in [-0.15, -0.1) is 0 Å². The van der Waals surface area contributed by atoms with Crippen molar-refractivity contribution in [2.45, 2.75) is 31.3 Å². The summed E-state index contributed by atoms with van der Waals surface area (Å²) in [6, 6.07) is 25.5. The molecule has 1 heterocycles. The van der Waals surface area contributed by atoms with E-state index in [1.54, 1.807) is 0 Å². The minimum atomic E-state index is -0.548. The van der Waals surface area contributed by atoms with Crippen LogP contribution in [0.3, 0.4) is 0 Å². The molecule has 7 heteroatoms. The normalized spacial score (nSPS) is 18.3. The third-order valence-electron chi connectivity index (χ3n) is 7.14. The molecule has 0 saturated carbocycles. The van der Waals surface area contributed by atoms with Gasteiger partial charge in [0.15, 0.2) is 5.78 Å². The quantitative estimate of drug-likeness (QED) is 0.184. The number of nitrogens with zero attached hydrogens (tertiary/aromatic N) is 1. The molecule has 0 N–H and O–H groups in total. The fourth-order valence-electron chi connectivity index (χ4n) is 5.22. The Bertz CT molecular complexity index is 1290. The number of hydrogen-bond donors (Lipinski definition) is 0. The van der Waals surface area contributed by atoms with Gasteiger partial charge in [0.25, 0.3) is 0 Å². The molecule has 39 heavy (non-hydrogen) atoms. The molecule has 3 aromatic rings. The number of ether oxygens (including phenoxy) is 2. The largest absolute Gasteiger partial charge is 0.469 e. The van der Waals surface area contributed by atoms with Gasteiger partial charge in [0.1, 0.15) is 6.61 Å². The van der Waals surface area contributed by atoms with Gasteiger partial charge in [-0.05, 0) is 66.4 Å². The standard InChI is InChI=1S/C32H33Cl2NO4/c1-35-30(23-11-14-27(33)15-12-23)16-13-25(31(35)24-9-6-10-28(34)18-24)20-39-21-29(36)19-26(32(37)38-2)17-22-7-4-3-5-8-22/h3-15,18,26,30-31H,16-17,19-21H2,1-2H3/t26-,30?,31?/m1/s1. The van der Waals surface area contributed by atoms with Gasteiger partial charge in [-0.2, -0.15) is 0 Å². The fourth-order valence-corrected chi connectivity index (χ4v) is 5.55. The maximum atomic E-state index is 12.8. The number of Topliss-reactive ketones (excluding diaryl/α,β-unsaturated/α-hetero) is 1. The molecule has 4 rings (SSSR count). The Morgan fingerprint density at radius 1 is 0.949 bits per heavy atom. The first-order valence-electron chi connectivity index (χ1n) is 13.0. The zero-order chi connectivity index (χ0) is 27.8. The molecule has 0 spiro atoms. The zero-order valence-electron chi connectivity index (χ0n) is 22.2. The van der Waals surface area contributed by atoms with Gasteiger partial charge in [-0.3, -0.25) is 14.5 Å². The van der Waals surface area contributed by atoms with E-state index in [0.29, 0.717) is 23.1 Å². The van der Waals surface area contributed by atoms with E-state index < -0.39 is 11.9 Å². The first kappa shape index (κ1) is 29.0. The second-order valence-electron chi connectivity index (χ2n) is 9.85. The molecule has 0 amide bonds. The van der Waals surface area contributed by atoms with E-state index in [1.807, 2.05) is 60.7 Å². The maximum absolute atomic E-state index is 12.8. The maximum Gasteiger partial charge on any atom is 0.309 e. The smallest absolute Gasteiger partial charge is 0.309 e. The number of hydrogen-bond acceptors (Lipinski definition) is 5. The highest BCUT2D eigenvalue weighted by molar-refractivity contribution is 6.30. The third-order valence-corrected chi connectivity index (χ3v) is 7.62. The van der Waals surface area contributed by atoms with Crippen molar-refractivity contribution >= 4 is 35.0 Å². The molecule has 3 atom stereocenters. The topological polar surface area (TPSA) is 55.8 Å². The van der Waals surface area contributed by atoms with Crippen molar-refractivity contribution in [3.05, 3.63) is 117 Å². The molecule has 3 aromatic carbocycles. The first-order valence-corrected chi connectivity index (χ1v) is 13.7. The Hall–Kier alpha value is -2.96. The van der Waals surface area contributed by atoms with Gasteiger partial charge in [-0.1, -0.05) is 83.9 Å². The minimum absolute atomic E-state index is 0.0663. The van der Waals surface area contributed by atoms with Crippen molar-refractivity contribution in [3.63, 3.8) is 0 Å². The Labute approximate surface area is 240 Å². The van der Waals surface area contributed by atoms with Crippen LogP contribution in [-0.2, 0) is 25.5 Å². The SMILES string of the molecule is COC(=O)[C@@H](CC(=O)COCC1=CCC(c2ccc(Cl)cc2)N(C)C1c1cccc(Cl)c1)Cc1ccccc1. The van der Waals surface area contributed by atoms with Crippen molar-refractivity contribution in [3.8, 4) is 0 Å². The van der Waals surface area contributed by atoms with Crippen LogP contribution in [0.15, 0.2) is 90.5 Å². The molecule has 0 saturated heterocycles. The van der Waals surface area contributed by atoms with Crippen LogP contribution in [0.1, 0.15) is 41.6 Å². The number of ketones is 1. The molecular formula is C32H33Cl2NO4. The molecule has 0 aromatic heterocycles. The van der Waals surface area contributed by atoms with Gasteiger partial charge in [0.05, 0.1) is 25.7 Å². The second-order valence-corrected chi connectivity index (χ2v) is 10.7. The average Bonchev–Trinajstić information content (AvgIpc) is 2.93. The molecule has 1 aliphatic rings. The van der Waals surface area contributed by atoms with Crippen LogP contribution in [0.25, 0.3) is 0 Å². The molecule has 0 fully saturated rings. The monoisotopic (exact) mass is 565 g/mol. The van der Waals surface area contributed by atoms with E-state index in [1.165, 1.54) is 12.7 Å². The molecule has 204 valence electrons. The van der Waals surface area contributed by atoms with Crippen molar-refractivity contribution < 1.29 is 19.1 Å². The summed E-state index contributed by atoms with van der Waals surface area (Å²) in [7, 11) is 3.44. The van der Waals surface area contributed by atoms with E-state index in [9.17, 15) is 9.59 Å². The van der Waals surface area contributed by atoms with E-state index in [2.05, 4.69) is 36.2 Å². The fraction of sp³-hybridized carbons (Fsp3) is 0.312. The molecule has 1 aliphatic heterocycles. The first-order chi connectivity index (χ1) is 18.9. The zero-order valence-corrected chi connectivity index (χ0v) is 23.7. The van der Waals surface area contributed by atoms with Crippen LogP contribution in [0.5, 0.6) is 0 Å². The molecule has 0 bridgehead atoms. The summed E-state index contributed by atoms with van der Waals surface area (Å²) < 4.78 is 10.9. The summed E-state index contributed by atoms with van der Waals surface area (Å²) in [4.78, 5) is 27.5. The van der Waals surface area contributed by atoms with Crippen molar-refractivity contribution in [1.29, 1.82) is 0 Å². The van der Waals surface area contributed by atoms with E-state index >= 15 is 0 Å². The average molecular weight is 567 g/mol. The Morgan fingerprint density at radius 3 is 2.38 bits per heavy atom. The number of likely N-dealkylation sites (N-methyl/N-ethyl adjacent to an activating group) is 1. The highest BCUT2D eigenvalue weighted by Crippen LogP contribution is 2.41. The van der Waals surface area contributed by atoms with Crippen molar-refractivity contribution in [2.75, 3.05) is 27.4 Å². The predicted octanol–water partition coefficient (Wildman–Crippen LogP) is 7.05. The van der Waals surface area contributed by atoms with Crippen molar-refractivity contribution in [2.24, 2.45) is 5.92 Å². The van der Waals surface area contributed by atoms with Crippen LogP contribution < -0.4 is 0 Å². The van der Waals surface area contributed by atoms with Crippen LogP contribution in [-0.4, -0.2) is 44.0 Å². The number of esters is 1. The van der Waals surface area contributed by atoms with E-state index in [4.69, 9.17) is 32.7 Å². The molecular weight excluding hydrogens is 533 g/mol. The van der Waals surface area contributed by atoms with Crippen LogP contribution in [0.2, 0.25) is 10.0 Å². The van der Waals surface area contributed by atoms with E-state index in [0.717, 1.165) is 23.1 Å². The lowest BCUT2D eigenvalue weighted by Crippen LogP contribution is -2.35. The molecule has 0 aliphatic carbocycles. The summed E-state index contributed by atoms with van der Waals surface area (Å²) >= 11 is 12.5. The predicted molar refractivity (Wildman–Crippen MR) is 155 cm³/mol. The van der Waals surface area contributed by atoms with Gasteiger partial charge in [-0.25, -0.2) is 0 Å². The van der Waals surface area contributed by atoms with Crippen LogP contribution >= 0.6 is 23.2 Å². The number of halogens is 2. The number of carbonyl (C=O) groups excluding carboxylic acids is 2. The minimum Gasteiger partial charge on any atom is -0.469 e. The van der Waals surface area contributed by atoms with E-state index in [-0.39, 0.29) is 30.9 Å². The Morgan fingerprint density at radius 2 is 1.69 bits per heavy atom. The highest BCUT2D eigenvalue weighted by atomic mass is 35.5. The highest BCUT2D eigenvalue weighted by Gasteiger charge is 2.32.